The van der Waals surface area contributed by atoms with E-state index in [9.17, 15) is 27.2 Å². The molecule has 0 bridgehead atoms. The molecule has 5 nitrogen and oxygen atoms in total. The topological polar surface area (TPSA) is 66.9 Å². The van der Waals surface area contributed by atoms with Crippen LogP contribution < -0.4 is 16.6 Å². The molecular formula is C16H15F4N3O2. The van der Waals surface area contributed by atoms with Gasteiger partial charge in [0.15, 0.2) is 0 Å². The van der Waals surface area contributed by atoms with E-state index in [0.717, 1.165) is 0 Å². The van der Waals surface area contributed by atoms with Crippen LogP contribution in [0.15, 0.2) is 33.9 Å². The predicted molar refractivity (Wildman–Crippen MR) is 83.1 cm³/mol. The molecule has 1 atom stereocenters. The number of nitrogens with zero attached hydrogens (tertiary/aromatic N) is 1. The zero-order valence-corrected chi connectivity index (χ0v) is 13.2. The van der Waals surface area contributed by atoms with Gasteiger partial charge >= 0.3 is 11.9 Å². The highest BCUT2D eigenvalue weighted by Crippen LogP contribution is 2.35. The van der Waals surface area contributed by atoms with Crippen molar-refractivity contribution in [1.82, 2.24) is 9.55 Å². The molecule has 0 aliphatic carbocycles. The zero-order valence-electron chi connectivity index (χ0n) is 13.2. The van der Waals surface area contributed by atoms with E-state index >= 15 is 0 Å². The van der Waals surface area contributed by atoms with E-state index in [2.05, 4.69) is 10.3 Å². The van der Waals surface area contributed by atoms with Crippen LogP contribution in [-0.4, -0.2) is 15.7 Å². The predicted octanol–water partition coefficient (Wildman–Crippen LogP) is 2.51. The van der Waals surface area contributed by atoms with E-state index in [1.54, 1.807) is 13.0 Å². The summed E-state index contributed by atoms with van der Waals surface area (Å²) >= 11 is 0. The van der Waals surface area contributed by atoms with E-state index in [0.29, 0.717) is 12.0 Å². The first kappa shape index (κ1) is 17.2. The van der Waals surface area contributed by atoms with E-state index in [-0.39, 0.29) is 22.4 Å². The maximum Gasteiger partial charge on any atom is 0.406 e. The summed E-state index contributed by atoms with van der Waals surface area (Å²) in [6.07, 6.45) is -4.16. The number of benzene rings is 1. The molecule has 0 unspecified atom stereocenters. The summed E-state index contributed by atoms with van der Waals surface area (Å²) in [7, 11) is 0. The van der Waals surface area contributed by atoms with Gasteiger partial charge in [-0.3, -0.25) is 14.3 Å². The number of halogens is 4. The second-order valence-electron chi connectivity index (χ2n) is 6.26. The van der Waals surface area contributed by atoms with Gasteiger partial charge in [-0.2, -0.15) is 13.2 Å². The van der Waals surface area contributed by atoms with Gasteiger partial charge in [0.05, 0.1) is 11.1 Å². The minimum absolute atomic E-state index is 0.0754. The third-order valence-corrected chi connectivity index (χ3v) is 4.36. The van der Waals surface area contributed by atoms with Crippen molar-refractivity contribution in [2.24, 2.45) is 0 Å². The minimum Gasteiger partial charge on any atom is -0.362 e. The van der Waals surface area contributed by atoms with Crippen LogP contribution >= 0.6 is 0 Å². The smallest absolute Gasteiger partial charge is 0.362 e. The van der Waals surface area contributed by atoms with Crippen molar-refractivity contribution in [3.63, 3.8) is 0 Å². The molecule has 1 aromatic heterocycles. The number of fused-ring (bicyclic) bond motifs is 1. The first-order valence-electron chi connectivity index (χ1n) is 7.56. The quantitative estimate of drug-likeness (QED) is 0.812. The summed E-state index contributed by atoms with van der Waals surface area (Å²) in [6, 6.07) is 5.86. The molecule has 2 aromatic rings. The van der Waals surface area contributed by atoms with E-state index < -0.39 is 35.3 Å². The van der Waals surface area contributed by atoms with Crippen LogP contribution in [-0.2, 0) is 18.5 Å². The van der Waals surface area contributed by atoms with Crippen molar-refractivity contribution in [3.8, 4) is 0 Å². The molecule has 3 rings (SSSR count). The summed E-state index contributed by atoms with van der Waals surface area (Å²) in [5.41, 5.74) is -2.18. The summed E-state index contributed by atoms with van der Waals surface area (Å²) in [5, 5.41) is 2.97. The molecule has 1 aliphatic heterocycles. The number of hydrogen-bond donors (Lipinski definition) is 2. The number of aromatic amines is 1. The average Bonchev–Trinajstić information content (AvgIpc) is 2.50. The Hall–Kier alpha value is -2.58. The van der Waals surface area contributed by atoms with Crippen molar-refractivity contribution in [1.29, 1.82) is 0 Å². The van der Waals surface area contributed by atoms with Gasteiger partial charge in [0.2, 0.25) is 0 Å². The Labute approximate surface area is 139 Å². The van der Waals surface area contributed by atoms with Gasteiger partial charge in [-0.05, 0) is 37.5 Å². The highest BCUT2D eigenvalue weighted by molar-refractivity contribution is 5.50. The highest BCUT2D eigenvalue weighted by Gasteiger charge is 2.35. The summed E-state index contributed by atoms with van der Waals surface area (Å²) in [6.45, 7) is 0.125. The van der Waals surface area contributed by atoms with Gasteiger partial charge < -0.3 is 5.32 Å². The average molecular weight is 357 g/mol. The number of anilines is 1. The third-order valence-electron chi connectivity index (χ3n) is 4.36. The molecule has 134 valence electrons. The minimum atomic E-state index is -4.68. The molecule has 9 heteroatoms. The first-order valence-corrected chi connectivity index (χ1v) is 7.56. The van der Waals surface area contributed by atoms with Crippen molar-refractivity contribution < 1.29 is 17.6 Å². The standard InChI is InChI=1S/C16H15F4N3O2/c1-15(9-3-2-4-10(17)7-9)6-5-11-12(22-15)21-14(25)23(13(11)24)8-16(18,19)20/h2-4,7,22H,5-6,8H2,1H3,(H,21,25)/t15-/m1/s1. The number of rotatable bonds is 2. The fourth-order valence-electron chi connectivity index (χ4n) is 3.04. The maximum atomic E-state index is 13.5. The number of hydrogen-bond acceptors (Lipinski definition) is 3. The lowest BCUT2D eigenvalue weighted by Gasteiger charge is -2.37. The van der Waals surface area contributed by atoms with E-state index in [1.165, 1.54) is 18.2 Å². The lowest BCUT2D eigenvalue weighted by Crippen LogP contribution is -2.46. The number of aromatic nitrogens is 2. The monoisotopic (exact) mass is 357 g/mol. The normalized spacial score (nSPS) is 20.0. The van der Waals surface area contributed by atoms with Crippen LogP contribution in [0.4, 0.5) is 23.4 Å². The highest BCUT2D eigenvalue weighted by atomic mass is 19.4. The van der Waals surface area contributed by atoms with Crippen molar-refractivity contribution >= 4 is 5.82 Å². The summed E-state index contributed by atoms with van der Waals surface area (Å²) < 4.78 is 51.3. The summed E-state index contributed by atoms with van der Waals surface area (Å²) in [4.78, 5) is 26.5. The molecule has 0 fully saturated rings. The Kier molecular flexibility index (Phi) is 3.97. The first-order chi connectivity index (χ1) is 11.6. The Morgan fingerprint density at radius 3 is 2.64 bits per heavy atom. The van der Waals surface area contributed by atoms with Gasteiger partial charge in [-0.25, -0.2) is 9.18 Å². The maximum absolute atomic E-state index is 13.5. The second-order valence-corrected chi connectivity index (χ2v) is 6.26. The molecule has 1 aliphatic rings. The Morgan fingerprint density at radius 2 is 2.00 bits per heavy atom. The lowest BCUT2D eigenvalue weighted by molar-refractivity contribution is -0.141. The Balaban J connectivity index is 2.03. The van der Waals surface area contributed by atoms with Gasteiger partial charge in [-0.15, -0.1) is 0 Å². The van der Waals surface area contributed by atoms with Gasteiger partial charge in [0, 0.05) is 0 Å². The number of H-pyrrole nitrogens is 1. The number of alkyl halides is 3. The van der Waals surface area contributed by atoms with Crippen LogP contribution in [0.1, 0.15) is 24.5 Å². The molecule has 0 spiro atoms. The fourth-order valence-corrected chi connectivity index (χ4v) is 3.04. The molecule has 2 heterocycles. The SMILES string of the molecule is C[C@]1(c2cccc(F)c2)CCc2c([nH]c(=O)n(CC(F)(F)F)c2=O)N1. The van der Waals surface area contributed by atoms with Crippen molar-refractivity contribution in [2.75, 3.05) is 5.32 Å². The summed E-state index contributed by atoms with van der Waals surface area (Å²) in [5.74, 6) is -0.355. The molecule has 0 saturated heterocycles. The van der Waals surface area contributed by atoms with Gasteiger partial charge in [0.1, 0.15) is 18.2 Å². The van der Waals surface area contributed by atoms with Crippen LogP contribution in [0.5, 0.6) is 0 Å². The van der Waals surface area contributed by atoms with Crippen LogP contribution in [0.2, 0.25) is 0 Å². The molecule has 0 radical (unpaired) electrons. The molecule has 0 amide bonds. The van der Waals surface area contributed by atoms with Crippen LogP contribution in [0.25, 0.3) is 0 Å². The van der Waals surface area contributed by atoms with Gasteiger partial charge in [-0.1, -0.05) is 12.1 Å². The Morgan fingerprint density at radius 1 is 1.28 bits per heavy atom. The number of nitrogens with one attached hydrogen (secondary N) is 2. The van der Waals surface area contributed by atoms with Crippen molar-refractivity contribution in [2.45, 2.75) is 38.0 Å². The van der Waals surface area contributed by atoms with Gasteiger partial charge in [0.25, 0.3) is 5.56 Å². The lowest BCUT2D eigenvalue weighted by atomic mass is 9.83. The van der Waals surface area contributed by atoms with Crippen molar-refractivity contribution in [3.05, 3.63) is 62.0 Å². The van der Waals surface area contributed by atoms with E-state index in [4.69, 9.17) is 0 Å². The molecular weight excluding hydrogens is 342 g/mol. The fraction of sp³-hybridized carbons (Fsp3) is 0.375. The van der Waals surface area contributed by atoms with Crippen LogP contribution in [0, 0.1) is 5.82 Å². The largest absolute Gasteiger partial charge is 0.406 e. The molecule has 0 saturated carbocycles. The molecule has 1 aromatic carbocycles. The van der Waals surface area contributed by atoms with Crippen LogP contribution in [0.3, 0.4) is 0 Å². The zero-order chi connectivity index (χ0) is 18.4. The Bertz CT molecular complexity index is 932. The third kappa shape index (κ3) is 3.31. The van der Waals surface area contributed by atoms with E-state index in [1.807, 2.05) is 0 Å². The molecule has 25 heavy (non-hydrogen) atoms. The second kappa shape index (κ2) is 5.75. The molecule has 2 N–H and O–H groups in total.